The van der Waals surface area contributed by atoms with Gasteiger partial charge in [0.05, 0.1) is 28.2 Å². The fraction of sp³-hybridized carbons (Fsp3) is 0.333. The van der Waals surface area contributed by atoms with Crippen molar-refractivity contribution in [2.24, 2.45) is 0 Å². The normalized spacial score (nSPS) is 15.2. The first kappa shape index (κ1) is 20.3. The number of nitrogens with one attached hydrogen (secondary N) is 1. The number of nitro benzene ring substituents is 1. The Morgan fingerprint density at radius 3 is 2.55 bits per heavy atom. The van der Waals surface area contributed by atoms with Gasteiger partial charge in [-0.25, -0.2) is 0 Å². The molecule has 0 aromatic heterocycles. The third-order valence-electron chi connectivity index (χ3n) is 5.08. The van der Waals surface area contributed by atoms with Gasteiger partial charge in [-0.3, -0.25) is 14.9 Å². The largest absolute Gasteiger partial charge is 0.494 e. The molecule has 150 valence electrons. The number of nitriles is 1. The lowest BCUT2D eigenvalue weighted by Crippen LogP contribution is -2.45. The first-order chi connectivity index (χ1) is 14.0. The third kappa shape index (κ3) is 4.20. The van der Waals surface area contributed by atoms with Gasteiger partial charge in [-0.15, -0.1) is 0 Å². The lowest BCUT2D eigenvalue weighted by molar-refractivity contribution is -0.384. The van der Waals surface area contributed by atoms with Crippen molar-refractivity contribution in [3.05, 3.63) is 63.7 Å². The Morgan fingerprint density at radius 2 is 1.97 bits per heavy atom. The summed E-state index contributed by atoms with van der Waals surface area (Å²) in [5, 5.41) is 23.3. The van der Waals surface area contributed by atoms with E-state index < -0.39 is 10.3 Å². The van der Waals surface area contributed by atoms with E-state index in [4.69, 9.17) is 9.47 Å². The number of nitrogens with zero attached hydrogens (tertiary/aromatic N) is 2. The molecule has 2 aromatic rings. The second-order valence-corrected chi connectivity index (χ2v) is 6.70. The summed E-state index contributed by atoms with van der Waals surface area (Å²) in [5.74, 6) is 0.286. The van der Waals surface area contributed by atoms with Gasteiger partial charge in [0.25, 0.3) is 5.69 Å². The molecule has 0 aliphatic carbocycles. The van der Waals surface area contributed by atoms with Gasteiger partial charge in [-0.05, 0) is 43.5 Å². The molecule has 29 heavy (non-hydrogen) atoms. The van der Waals surface area contributed by atoms with E-state index in [1.165, 1.54) is 12.1 Å². The number of amides is 1. The molecule has 1 amide bonds. The average molecular weight is 395 g/mol. The van der Waals surface area contributed by atoms with Crippen LogP contribution in [0.1, 0.15) is 30.9 Å². The molecule has 0 saturated carbocycles. The standard InChI is InChI=1S/C21H21N3O5/c1-2-29-18-7-8-19(15(13-18)14-22)23-20(25)21(9-11-28-12-10-21)16-3-5-17(6-4-16)24(26)27/h3-8,13H,2,9-12H2,1H3,(H,23,25). The molecule has 3 rings (SSSR count). The average Bonchev–Trinajstić information content (AvgIpc) is 2.75. The zero-order valence-electron chi connectivity index (χ0n) is 16.0. The number of hydrogen-bond donors (Lipinski definition) is 1. The van der Waals surface area contributed by atoms with Crippen LogP contribution in [-0.4, -0.2) is 30.7 Å². The number of non-ortho nitro benzene ring substituents is 1. The SMILES string of the molecule is CCOc1ccc(NC(=O)C2(c3ccc([N+](=O)[O-])cc3)CCOCC2)c(C#N)c1. The highest BCUT2D eigenvalue weighted by molar-refractivity contribution is 6.00. The summed E-state index contributed by atoms with van der Waals surface area (Å²) in [7, 11) is 0. The van der Waals surface area contributed by atoms with Crippen molar-refractivity contribution >= 4 is 17.3 Å². The zero-order valence-corrected chi connectivity index (χ0v) is 16.0. The molecule has 8 heteroatoms. The summed E-state index contributed by atoms with van der Waals surface area (Å²) in [6.07, 6.45) is 0.880. The maximum atomic E-state index is 13.3. The maximum absolute atomic E-state index is 13.3. The Kier molecular flexibility index (Phi) is 6.10. The molecule has 0 spiro atoms. The molecule has 2 aromatic carbocycles. The summed E-state index contributed by atoms with van der Waals surface area (Å²) in [5.41, 5.74) is 0.463. The fourth-order valence-electron chi connectivity index (χ4n) is 3.49. The predicted octanol–water partition coefficient (Wildman–Crippen LogP) is 3.55. The highest BCUT2D eigenvalue weighted by Crippen LogP contribution is 2.37. The Balaban J connectivity index is 1.92. The minimum Gasteiger partial charge on any atom is -0.494 e. The van der Waals surface area contributed by atoms with Crippen LogP contribution in [0, 0.1) is 21.4 Å². The van der Waals surface area contributed by atoms with Gasteiger partial charge in [0.1, 0.15) is 11.8 Å². The smallest absolute Gasteiger partial charge is 0.269 e. The van der Waals surface area contributed by atoms with E-state index in [-0.39, 0.29) is 11.6 Å². The van der Waals surface area contributed by atoms with Crippen LogP contribution >= 0.6 is 0 Å². The van der Waals surface area contributed by atoms with Gasteiger partial charge in [0.15, 0.2) is 0 Å². The zero-order chi connectivity index (χ0) is 20.9. The Morgan fingerprint density at radius 1 is 1.28 bits per heavy atom. The Hall–Kier alpha value is -3.44. The molecule has 1 N–H and O–H groups in total. The van der Waals surface area contributed by atoms with Gasteiger partial charge in [0, 0.05) is 25.3 Å². The van der Waals surface area contributed by atoms with Gasteiger partial charge < -0.3 is 14.8 Å². The molecule has 1 fully saturated rings. The summed E-state index contributed by atoms with van der Waals surface area (Å²) in [4.78, 5) is 23.8. The lowest BCUT2D eigenvalue weighted by atomic mass is 9.73. The molecule has 0 bridgehead atoms. The number of anilines is 1. The molecule has 0 atom stereocenters. The second kappa shape index (κ2) is 8.71. The van der Waals surface area contributed by atoms with E-state index in [1.807, 2.05) is 6.92 Å². The van der Waals surface area contributed by atoms with Crippen molar-refractivity contribution < 1.29 is 19.2 Å². The number of nitro groups is 1. The van der Waals surface area contributed by atoms with Gasteiger partial charge in [-0.2, -0.15) is 5.26 Å². The summed E-state index contributed by atoms with van der Waals surface area (Å²) in [6, 6.07) is 13.0. The molecule has 1 saturated heterocycles. The maximum Gasteiger partial charge on any atom is 0.269 e. The number of hydrogen-bond acceptors (Lipinski definition) is 6. The molecule has 0 unspecified atom stereocenters. The number of benzene rings is 2. The summed E-state index contributed by atoms with van der Waals surface area (Å²) in [6.45, 7) is 3.12. The Labute approximate surface area is 168 Å². The summed E-state index contributed by atoms with van der Waals surface area (Å²) >= 11 is 0. The van der Waals surface area contributed by atoms with E-state index >= 15 is 0 Å². The van der Waals surface area contributed by atoms with Crippen LogP contribution in [-0.2, 0) is 14.9 Å². The first-order valence-corrected chi connectivity index (χ1v) is 9.31. The highest BCUT2D eigenvalue weighted by Gasteiger charge is 2.42. The van der Waals surface area contributed by atoms with Gasteiger partial charge >= 0.3 is 0 Å². The number of carbonyl (C=O) groups excluding carboxylic acids is 1. The van der Waals surface area contributed by atoms with E-state index in [0.29, 0.717) is 55.2 Å². The molecular formula is C21H21N3O5. The van der Waals surface area contributed by atoms with Crippen molar-refractivity contribution in [3.8, 4) is 11.8 Å². The highest BCUT2D eigenvalue weighted by atomic mass is 16.6. The number of rotatable bonds is 6. The molecule has 8 nitrogen and oxygen atoms in total. The molecule has 1 heterocycles. The van der Waals surface area contributed by atoms with E-state index in [9.17, 15) is 20.2 Å². The molecule has 1 aliphatic heterocycles. The van der Waals surface area contributed by atoms with E-state index in [2.05, 4.69) is 11.4 Å². The van der Waals surface area contributed by atoms with E-state index in [0.717, 1.165) is 0 Å². The van der Waals surface area contributed by atoms with Gasteiger partial charge in [0.2, 0.25) is 5.91 Å². The number of ether oxygens (including phenoxy) is 2. The van der Waals surface area contributed by atoms with Gasteiger partial charge in [-0.1, -0.05) is 12.1 Å². The molecule has 1 aliphatic rings. The van der Waals surface area contributed by atoms with Crippen molar-refractivity contribution in [1.82, 2.24) is 0 Å². The van der Waals surface area contributed by atoms with Crippen molar-refractivity contribution in [2.45, 2.75) is 25.2 Å². The van der Waals surface area contributed by atoms with Crippen LogP contribution < -0.4 is 10.1 Å². The lowest BCUT2D eigenvalue weighted by Gasteiger charge is -2.36. The van der Waals surface area contributed by atoms with Crippen LogP contribution in [0.2, 0.25) is 0 Å². The fourth-order valence-corrected chi connectivity index (χ4v) is 3.49. The van der Waals surface area contributed by atoms with Crippen LogP contribution in [0.15, 0.2) is 42.5 Å². The quantitative estimate of drug-likeness (QED) is 0.591. The van der Waals surface area contributed by atoms with Crippen molar-refractivity contribution in [3.63, 3.8) is 0 Å². The topological polar surface area (TPSA) is 114 Å². The first-order valence-electron chi connectivity index (χ1n) is 9.31. The van der Waals surface area contributed by atoms with Crippen LogP contribution in [0.4, 0.5) is 11.4 Å². The molecule has 0 radical (unpaired) electrons. The summed E-state index contributed by atoms with van der Waals surface area (Å²) < 4.78 is 10.8. The Bertz CT molecular complexity index is 944. The van der Waals surface area contributed by atoms with Crippen LogP contribution in [0.3, 0.4) is 0 Å². The monoisotopic (exact) mass is 395 g/mol. The minimum atomic E-state index is -0.890. The van der Waals surface area contributed by atoms with Crippen LogP contribution in [0.5, 0.6) is 5.75 Å². The third-order valence-corrected chi connectivity index (χ3v) is 5.08. The molecular weight excluding hydrogens is 374 g/mol. The van der Waals surface area contributed by atoms with Crippen molar-refractivity contribution in [1.29, 1.82) is 5.26 Å². The van der Waals surface area contributed by atoms with Crippen LogP contribution in [0.25, 0.3) is 0 Å². The van der Waals surface area contributed by atoms with E-state index in [1.54, 1.807) is 30.3 Å². The second-order valence-electron chi connectivity index (χ2n) is 6.70. The predicted molar refractivity (Wildman–Crippen MR) is 106 cm³/mol. The number of carbonyl (C=O) groups is 1. The minimum absolute atomic E-state index is 0.0327. The van der Waals surface area contributed by atoms with Crippen molar-refractivity contribution in [2.75, 3.05) is 25.1 Å².